The van der Waals surface area contributed by atoms with Crippen LogP contribution in [-0.4, -0.2) is 45.9 Å². The molecule has 0 amide bonds. The maximum Gasteiger partial charge on any atom is 0.564 e. The number of esters is 2. The molecule has 0 saturated carbocycles. The molecule has 8 nitrogen and oxygen atoms in total. The van der Waals surface area contributed by atoms with E-state index in [9.17, 15) is 14.4 Å². The Balaban J connectivity index is 5.16. The van der Waals surface area contributed by atoms with Crippen molar-refractivity contribution in [3.8, 4) is 0 Å². The van der Waals surface area contributed by atoms with Gasteiger partial charge in [0.2, 0.25) is 0 Å². The molecule has 0 aliphatic carbocycles. The number of carbonyl (C=O) groups excluding carboxylic acids is 2. The zero-order valence-electron chi connectivity index (χ0n) is 7.96. The summed E-state index contributed by atoms with van der Waals surface area (Å²) in [4.78, 5) is 31.8. The Morgan fingerprint density at radius 2 is 1.40 bits per heavy atom. The summed E-state index contributed by atoms with van der Waals surface area (Å²) < 4.78 is 8.18. The highest BCUT2D eigenvalue weighted by molar-refractivity contribution is 6.50. The molecule has 0 saturated heterocycles. The van der Waals surface area contributed by atoms with E-state index in [0.717, 1.165) is 13.8 Å². The van der Waals surface area contributed by atoms with Crippen LogP contribution in [-0.2, 0) is 23.9 Å². The number of hydrogen-bond donors (Lipinski definition) is 3. The zero-order valence-corrected chi connectivity index (χ0v) is 7.96. The first-order valence-corrected chi connectivity index (χ1v) is 3.71. The molecule has 0 unspecified atom stereocenters. The Morgan fingerprint density at radius 1 is 1.07 bits per heavy atom. The molecule has 0 aliphatic heterocycles. The topological polar surface area (TPSA) is 130 Å². The minimum atomic E-state index is -3.13. The van der Waals surface area contributed by atoms with Crippen molar-refractivity contribution in [1.82, 2.24) is 0 Å². The van der Waals surface area contributed by atoms with Crippen LogP contribution in [0.1, 0.15) is 13.8 Å². The van der Waals surface area contributed by atoms with Crippen molar-refractivity contribution in [2.45, 2.75) is 19.5 Å². The third-order valence-corrected chi connectivity index (χ3v) is 1.23. The van der Waals surface area contributed by atoms with Crippen molar-refractivity contribution < 1.29 is 39.0 Å². The monoisotopic (exact) mass is 220 g/mol. The molecule has 0 aliphatic rings. The van der Waals surface area contributed by atoms with Crippen LogP contribution in [0.15, 0.2) is 0 Å². The molecule has 0 aromatic heterocycles. The number of rotatable bonds is 4. The fraction of sp³-hybridized carbons (Fsp3) is 0.500. The number of ether oxygens (including phenoxy) is 2. The van der Waals surface area contributed by atoms with E-state index in [1.54, 1.807) is 0 Å². The minimum absolute atomic E-state index is 0.823. The second-order valence-electron chi connectivity index (χ2n) is 2.53. The molecule has 0 rings (SSSR count). The largest absolute Gasteiger partial charge is 0.564 e. The standard InChI is InChI=1S/C6H9BO8/c1-3(8)14-6(5(10)11,7(12)13)15-4(2)9/h12-13H,1-2H3,(H,10,11). The SMILES string of the molecule is CC(=O)OC(OC(C)=O)(B(O)O)C(=O)O. The van der Waals surface area contributed by atoms with Gasteiger partial charge in [0, 0.05) is 13.8 Å². The van der Waals surface area contributed by atoms with Gasteiger partial charge < -0.3 is 24.6 Å². The Bertz CT molecular complexity index is 269. The van der Waals surface area contributed by atoms with Crippen molar-refractivity contribution in [3.05, 3.63) is 0 Å². The van der Waals surface area contributed by atoms with Gasteiger partial charge in [-0.25, -0.2) is 4.79 Å². The lowest BCUT2D eigenvalue weighted by atomic mass is 9.77. The Hall–Kier alpha value is -1.61. The Kier molecular flexibility index (Phi) is 4.25. The summed E-state index contributed by atoms with van der Waals surface area (Å²) in [5, 5.41) is 26.1. The van der Waals surface area contributed by atoms with E-state index in [4.69, 9.17) is 15.2 Å². The van der Waals surface area contributed by atoms with E-state index in [1.807, 2.05) is 0 Å². The van der Waals surface area contributed by atoms with Crippen LogP contribution in [0.5, 0.6) is 0 Å². The summed E-state index contributed by atoms with van der Waals surface area (Å²) in [7, 11) is -2.69. The maximum atomic E-state index is 10.7. The summed E-state index contributed by atoms with van der Waals surface area (Å²) in [6.07, 6.45) is 0. The van der Waals surface area contributed by atoms with Crippen molar-refractivity contribution in [2.24, 2.45) is 0 Å². The zero-order chi connectivity index (χ0) is 12.2. The quantitative estimate of drug-likeness (QED) is 0.279. The highest BCUT2D eigenvalue weighted by Gasteiger charge is 2.57. The number of carboxylic acids is 1. The van der Waals surface area contributed by atoms with Gasteiger partial charge in [0.15, 0.2) is 0 Å². The molecule has 0 aromatic rings. The van der Waals surface area contributed by atoms with Crippen LogP contribution in [0.3, 0.4) is 0 Å². The molecule has 0 spiro atoms. The summed E-state index contributed by atoms with van der Waals surface area (Å²) in [5.41, 5.74) is -3.13. The van der Waals surface area contributed by atoms with Gasteiger partial charge in [-0.1, -0.05) is 0 Å². The molecular weight excluding hydrogens is 211 g/mol. The third-order valence-electron chi connectivity index (χ3n) is 1.23. The molecule has 9 heteroatoms. The molecule has 0 aromatic carbocycles. The molecular formula is C6H9BO8. The van der Waals surface area contributed by atoms with Crippen molar-refractivity contribution in [1.29, 1.82) is 0 Å². The highest BCUT2D eigenvalue weighted by atomic mass is 16.8. The lowest BCUT2D eigenvalue weighted by Gasteiger charge is -2.26. The van der Waals surface area contributed by atoms with Gasteiger partial charge in [0.25, 0.3) is 0 Å². The van der Waals surface area contributed by atoms with E-state index in [1.165, 1.54) is 0 Å². The van der Waals surface area contributed by atoms with E-state index in [-0.39, 0.29) is 0 Å². The lowest BCUT2D eigenvalue weighted by Crippen LogP contribution is -2.58. The van der Waals surface area contributed by atoms with Gasteiger partial charge in [0.1, 0.15) is 0 Å². The van der Waals surface area contributed by atoms with Crippen LogP contribution in [0.4, 0.5) is 0 Å². The van der Waals surface area contributed by atoms with Crippen molar-refractivity contribution in [2.75, 3.05) is 0 Å². The van der Waals surface area contributed by atoms with Crippen molar-refractivity contribution >= 4 is 25.0 Å². The highest BCUT2D eigenvalue weighted by Crippen LogP contribution is 2.16. The van der Waals surface area contributed by atoms with Crippen LogP contribution in [0, 0.1) is 0 Å². The number of carbonyl (C=O) groups is 3. The predicted molar refractivity (Wildman–Crippen MR) is 44.1 cm³/mol. The van der Waals surface area contributed by atoms with Gasteiger partial charge in [0.05, 0.1) is 0 Å². The summed E-state index contributed by atoms with van der Waals surface area (Å²) in [6.45, 7) is 1.65. The first kappa shape index (κ1) is 13.4. The predicted octanol–water partition coefficient (Wildman–Crippen LogP) is -2.09. The van der Waals surface area contributed by atoms with Gasteiger partial charge >= 0.3 is 30.7 Å². The van der Waals surface area contributed by atoms with E-state index in [0.29, 0.717) is 0 Å². The summed E-state index contributed by atoms with van der Waals surface area (Å²) in [6, 6.07) is 0. The maximum absolute atomic E-state index is 10.7. The van der Waals surface area contributed by atoms with Gasteiger partial charge in [-0.3, -0.25) is 9.59 Å². The fourth-order valence-corrected chi connectivity index (χ4v) is 0.751. The van der Waals surface area contributed by atoms with Crippen molar-refractivity contribution in [3.63, 3.8) is 0 Å². The molecule has 0 atom stereocenters. The molecule has 15 heavy (non-hydrogen) atoms. The smallest absolute Gasteiger partial charge is 0.476 e. The Labute approximate surface area is 84.6 Å². The van der Waals surface area contributed by atoms with E-state index in [2.05, 4.69) is 9.47 Å². The molecule has 0 radical (unpaired) electrons. The lowest BCUT2D eigenvalue weighted by molar-refractivity contribution is -0.217. The molecule has 0 fully saturated rings. The van der Waals surface area contributed by atoms with E-state index < -0.39 is 30.7 Å². The summed E-state index contributed by atoms with van der Waals surface area (Å²) in [5.74, 6) is -4.30. The van der Waals surface area contributed by atoms with E-state index >= 15 is 0 Å². The van der Waals surface area contributed by atoms with Crippen LogP contribution >= 0.6 is 0 Å². The van der Waals surface area contributed by atoms with Gasteiger partial charge in [-0.05, 0) is 0 Å². The van der Waals surface area contributed by atoms with Gasteiger partial charge in [-0.2, -0.15) is 0 Å². The first-order valence-electron chi connectivity index (χ1n) is 3.71. The number of aliphatic carboxylic acids is 1. The molecule has 3 N–H and O–H groups in total. The molecule has 84 valence electrons. The Morgan fingerprint density at radius 3 is 1.53 bits per heavy atom. The normalized spacial score (nSPS) is 10.4. The minimum Gasteiger partial charge on any atom is -0.476 e. The molecule has 0 heterocycles. The molecule has 0 bridgehead atoms. The fourth-order valence-electron chi connectivity index (χ4n) is 0.751. The third kappa shape index (κ3) is 3.22. The number of hydrogen-bond acceptors (Lipinski definition) is 7. The van der Waals surface area contributed by atoms with Crippen LogP contribution in [0.25, 0.3) is 0 Å². The van der Waals surface area contributed by atoms with Crippen LogP contribution < -0.4 is 0 Å². The second-order valence-corrected chi connectivity index (χ2v) is 2.53. The second kappa shape index (κ2) is 4.76. The number of carboxylic acid groups (broad SMARTS) is 1. The summed E-state index contributed by atoms with van der Waals surface area (Å²) >= 11 is 0. The van der Waals surface area contributed by atoms with Crippen LogP contribution in [0.2, 0.25) is 0 Å². The average Bonchev–Trinajstić information content (AvgIpc) is 1.99. The van der Waals surface area contributed by atoms with Gasteiger partial charge in [-0.15, -0.1) is 0 Å². The first-order chi connectivity index (χ1) is 6.72. The average molecular weight is 220 g/mol.